The number of benzene rings is 1. The third kappa shape index (κ3) is 2.29. The van der Waals surface area contributed by atoms with Crippen LogP contribution in [0, 0.1) is 0 Å². The number of hydrogen-bond donors (Lipinski definition) is 2. The zero-order valence-electron chi connectivity index (χ0n) is 10.4. The molecule has 6 nitrogen and oxygen atoms in total. The molecule has 1 saturated carbocycles. The lowest BCUT2D eigenvalue weighted by Crippen LogP contribution is -2.32. The smallest absolute Gasteiger partial charge is 0.313 e. The number of amides is 2. The number of carbonyl (C=O) groups excluding carboxylic acids is 2. The Balaban J connectivity index is 1.84. The van der Waals surface area contributed by atoms with Crippen molar-refractivity contribution in [3.63, 3.8) is 0 Å². The molecule has 0 aliphatic heterocycles. The summed E-state index contributed by atoms with van der Waals surface area (Å²) in [6, 6.07) is 5.13. The Morgan fingerprint density at radius 3 is 2.79 bits per heavy atom. The molecular formula is C13H13N3O3. The number of oxazole rings is 1. The lowest BCUT2D eigenvalue weighted by Gasteiger charge is -2.02. The Morgan fingerprint density at radius 2 is 2.11 bits per heavy atom. The Hall–Kier alpha value is -2.37. The molecule has 0 atom stereocenters. The van der Waals surface area contributed by atoms with Crippen LogP contribution in [-0.2, 0) is 9.59 Å². The standard InChI is InChI=1S/C13H13N3O3/c1-14-11(17)12(18)15-8-4-5-10-9(6-8)16-13(19-10)7-2-3-7/h4-7H,2-3H2,1H3,(H,14,17)(H,15,18). The highest BCUT2D eigenvalue weighted by Crippen LogP contribution is 2.40. The van der Waals surface area contributed by atoms with Crippen molar-refractivity contribution in [3.05, 3.63) is 24.1 Å². The summed E-state index contributed by atoms with van der Waals surface area (Å²) in [6.45, 7) is 0. The molecular weight excluding hydrogens is 246 g/mol. The minimum absolute atomic E-state index is 0.441. The van der Waals surface area contributed by atoms with Crippen LogP contribution in [-0.4, -0.2) is 23.8 Å². The van der Waals surface area contributed by atoms with Gasteiger partial charge in [0.2, 0.25) is 0 Å². The van der Waals surface area contributed by atoms with Gasteiger partial charge in [-0.25, -0.2) is 4.98 Å². The van der Waals surface area contributed by atoms with Crippen molar-refractivity contribution in [2.24, 2.45) is 0 Å². The van der Waals surface area contributed by atoms with Crippen molar-refractivity contribution >= 4 is 28.6 Å². The van der Waals surface area contributed by atoms with E-state index < -0.39 is 11.8 Å². The van der Waals surface area contributed by atoms with E-state index in [1.165, 1.54) is 7.05 Å². The number of aromatic nitrogens is 1. The van der Waals surface area contributed by atoms with E-state index >= 15 is 0 Å². The number of carbonyl (C=O) groups is 2. The van der Waals surface area contributed by atoms with Crippen LogP contribution in [0.15, 0.2) is 22.6 Å². The van der Waals surface area contributed by atoms with E-state index in [1.54, 1.807) is 18.2 Å². The molecule has 19 heavy (non-hydrogen) atoms. The second kappa shape index (κ2) is 4.38. The van der Waals surface area contributed by atoms with Crippen molar-refractivity contribution < 1.29 is 14.0 Å². The van der Waals surface area contributed by atoms with Gasteiger partial charge in [0.1, 0.15) is 5.52 Å². The number of nitrogens with zero attached hydrogens (tertiary/aromatic N) is 1. The van der Waals surface area contributed by atoms with E-state index in [-0.39, 0.29) is 0 Å². The summed E-state index contributed by atoms with van der Waals surface area (Å²) in [5.41, 5.74) is 1.91. The number of nitrogens with one attached hydrogen (secondary N) is 2. The van der Waals surface area contributed by atoms with Crippen LogP contribution in [0.5, 0.6) is 0 Å². The Bertz CT molecular complexity index is 658. The highest BCUT2D eigenvalue weighted by molar-refractivity contribution is 6.39. The van der Waals surface area contributed by atoms with Crippen LogP contribution in [0.2, 0.25) is 0 Å². The predicted octanol–water partition coefficient (Wildman–Crippen LogP) is 1.39. The van der Waals surface area contributed by atoms with Gasteiger partial charge in [0.05, 0.1) is 0 Å². The summed E-state index contributed by atoms with van der Waals surface area (Å²) in [4.78, 5) is 26.9. The van der Waals surface area contributed by atoms with E-state index in [2.05, 4.69) is 15.6 Å². The average Bonchev–Trinajstić information content (AvgIpc) is 3.17. The summed E-state index contributed by atoms with van der Waals surface area (Å²) in [5, 5.41) is 4.77. The Labute approximate surface area is 109 Å². The molecule has 0 radical (unpaired) electrons. The van der Waals surface area contributed by atoms with Gasteiger partial charge in [0, 0.05) is 18.7 Å². The summed E-state index contributed by atoms with van der Waals surface area (Å²) >= 11 is 0. The minimum atomic E-state index is -0.701. The molecule has 0 spiro atoms. The molecule has 3 rings (SSSR count). The van der Waals surface area contributed by atoms with Crippen molar-refractivity contribution in [2.45, 2.75) is 18.8 Å². The first-order chi connectivity index (χ1) is 9.17. The third-order valence-corrected chi connectivity index (χ3v) is 3.02. The van der Waals surface area contributed by atoms with Crippen LogP contribution in [0.4, 0.5) is 5.69 Å². The van der Waals surface area contributed by atoms with Gasteiger partial charge in [-0.2, -0.15) is 0 Å². The average molecular weight is 259 g/mol. The lowest BCUT2D eigenvalue weighted by molar-refractivity contribution is -0.135. The summed E-state index contributed by atoms with van der Waals surface area (Å²) < 4.78 is 5.62. The third-order valence-electron chi connectivity index (χ3n) is 3.02. The van der Waals surface area contributed by atoms with Gasteiger partial charge in [0.15, 0.2) is 11.5 Å². The van der Waals surface area contributed by atoms with Crippen molar-refractivity contribution in [2.75, 3.05) is 12.4 Å². The van der Waals surface area contributed by atoms with Gasteiger partial charge in [0.25, 0.3) is 0 Å². The van der Waals surface area contributed by atoms with Gasteiger partial charge in [-0.05, 0) is 31.0 Å². The van der Waals surface area contributed by atoms with Crippen molar-refractivity contribution in [1.29, 1.82) is 0 Å². The molecule has 98 valence electrons. The van der Waals surface area contributed by atoms with Crippen molar-refractivity contribution in [3.8, 4) is 0 Å². The Kier molecular flexibility index (Phi) is 2.70. The molecule has 0 bridgehead atoms. The fourth-order valence-electron chi connectivity index (χ4n) is 1.83. The summed E-state index contributed by atoms with van der Waals surface area (Å²) in [5.74, 6) is -0.187. The SMILES string of the molecule is CNC(=O)C(=O)Nc1ccc2oc(C3CC3)nc2c1. The normalized spacial score (nSPS) is 14.4. The van der Waals surface area contributed by atoms with Gasteiger partial charge in [-0.15, -0.1) is 0 Å². The number of anilines is 1. The topological polar surface area (TPSA) is 84.2 Å². The van der Waals surface area contributed by atoms with Gasteiger partial charge in [-0.1, -0.05) is 0 Å². The van der Waals surface area contributed by atoms with Gasteiger partial charge < -0.3 is 15.1 Å². The first-order valence-electron chi connectivity index (χ1n) is 6.11. The Morgan fingerprint density at radius 1 is 1.32 bits per heavy atom. The first-order valence-corrected chi connectivity index (χ1v) is 6.11. The monoisotopic (exact) mass is 259 g/mol. The maximum Gasteiger partial charge on any atom is 0.313 e. The second-order valence-electron chi connectivity index (χ2n) is 4.54. The highest BCUT2D eigenvalue weighted by atomic mass is 16.3. The van der Waals surface area contributed by atoms with Gasteiger partial charge in [-0.3, -0.25) is 9.59 Å². The van der Waals surface area contributed by atoms with E-state index in [0.29, 0.717) is 22.7 Å². The zero-order valence-corrected chi connectivity index (χ0v) is 10.4. The molecule has 1 aliphatic carbocycles. The lowest BCUT2D eigenvalue weighted by atomic mass is 10.3. The largest absolute Gasteiger partial charge is 0.440 e. The molecule has 0 saturated heterocycles. The van der Waals surface area contributed by atoms with Crippen molar-refractivity contribution in [1.82, 2.24) is 10.3 Å². The highest BCUT2D eigenvalue weighted by Gasteiger charge is 2.28. The molecule has 6 heteroatoms. The summed E-state index contributed by atoms with van der Waals surface area (Å²) in [6.07, 6.45) is 2.24. The van der Waals surface area contributed by atoms with E-state index in [0.717, 1.165) is 18.7 Å². The number of likely N-dealkylation sites (N-methyl/N-ethyl adjacent to an activating group) is 1. The molecule has 1 fully saturated rings. The van der Waals surface area contributed by atoms with Crippen LogP contribution in [0.25, 0.3) is 11.1 Å². The molecule has 1 heterocycles. The molecule has 1 aromatic heterocycles. The van der Waals surface area contributed by atoms with Crippen LogP contribution in [0.1, 0.15) is 24.7 Å². The summed E-state index contributed by atoms with van der Waals surface area (Å²) in [7, 11) is 1.41. The quantitative estimate of drug-likeness (QED) is 0.798. The predicted molar refractivity (Wildman–Crippen MR) is 68.7 cm³/mol. The minimum Gasteiger partial charge on any atom is -0.440 e. The van der Waals surface area contributed by atoms with Crippen LogP contribution < -0.4 is 10.6 Å². The van der Waals surface area contributed by atoms with Gasteiger partial charge >= 0.3 is 11.8 Å². The molecule has 2 amide bonds. The molecule has 0 unspecified atom stereocenters. The van der Waals surface area contributed by atoms with Crippen LogP contribution >= 0.6 is 0 Å². The number of hydrogen-bond acceptors (Lipinski definition) is 4. The maximum absolute atomic E-state index is 11.4. The van der Waals surface area contributed by atoms with E-state index in [9.17, 15) is 9.59 Å². The molecule has 1 aliphatic rings. The maximum atomic E-state index is 11.4. The number of rotatable bonds is 2. The second-order valence-corrected chi connectivity index (χ2v) is 4.54. The van der Waals surface area contributed by atoms with Crippen LogP contribution in [0.3, 0.4) is 0 Å². The zero-order chi connectivity index (χ0) is 13.4. The fourth-order valence-corrected chi connectivity index (χ4v) is 1.83. The first kappa shape index (κ1) is 11.7. The molecule has 1 aromatic carbocycles. The molecule has 2 aromatic rings. The van der Waals surface area contributed by atoms with E-state index in [4.69, 9.17) is 4.42 Å². The number of fused-ring (bicyclic) bond motifs is 1. The van der Waals surface area contributed by atoms with E-state index in [1.807, 2.05) is 0 Å². The fraction of sp³-hybridized carbons (Fsp3) is 0.308. The molecule has 2 N–H and O–H groups in total.